The molecule has 0 spiro atoms. The summed E-state index contributed by atoms with van der Waals surface area (Å²) < 4.78 is 55.2. The highest BCUT2D eigenvalue weighted by atomic mass is 35.5. The van der Waals surface area contributed by atoms with Crippen LogP contribution < -0.4 is 14.9 Å². The van der Waals surface area contributed by atoms with Crippen molar-refractivity contribution in [1.82, 2.24) is 14.5 Å². The molecular formula is C42H45ClN6O7S2. The van der Waals surface area contributed by atoms with Crippen molar-refractivity contribution < 1.29 is 26.6 Å². The number of carbonyl (C=O) groups excluding carboxylic acids is 1. The van der Waals surface area contributed by atoms with Crippen molar-refractivity contribution in [3.05, 3.63) is 148 Å². The number of nitrogens with one attached hydrogen (secondary N) is 2. The van der Waals surface area contributed by atoms with Crippen molar-refractivity contribution in [1.29, 1.82) is 0 Å². The van der Waals surface area contributed by atoms with Gasteiger partial charge in [-0.25, -0.2) is 21.6 Å². The predicted molar refractivity (Wildman–Crippen MR) is 228 cm³/mol. The summed E-state index contributed by atoms with van der Waals surface area (Å²) in [6, 6.07) is 33.1. The normalized spacial score (nSPS) is 14.2. The number of nitro groups is 1. The maximum atomic E-state index is 13.4. The van der Waals surface area contributed by atoms with E-state index in [0.717, 1.165) is 56.1 Å². The predicted octanol–water partition coefficient (Wildman–Crippen LogP) is 6.56. The molecule has 1 fully saturated rings. The third-order valence-corrected chi connectivity index (χ3v) is 13.4. The Morgan fingerprint density at radius 2 is 1.48 bits per heavy atom. The van der Waals surface area contributed by atoms with Gasteiger partial charge in [-0.3, -0.25) is 19.8 Å². The lowest BCUT2D eigenvalue weighted by molar-refractivity contribution is -0.384. The molecule has 0 aromatic heterocycles. The first kappa shape index (κ1) is 42.3. The van der Waals surface area contributed by atoms with Gasteiger partial charge in [0, 0.05) is 61.1 Å². The van der Waals surface area contributed by atoms with E-state index in [-0.39, 0.29) is 21.9 Å². The van der Waals surface area contributed by atoms with E-state index in [1.54, 1.807) is 42.5 Å². The van der Waals surface area contributed by atoms with Crippen LogP contribution in [0.15, 0.2) is 131 Å². The maximum absolute atomic E-state index is 13.4. The van der Waals surface area contributed by atoms with Gasteiger partial charge in [0.25, 0.3) is 21.6 Å². The second kappa shape index (κ2) is 18.5. The number of halogens is 1. The third-order valence-electron chi connectivity index (χ3n) is 9.94. The molecule has 0 bridgehead atoms. The number of anilines is 2. The summed E-state index contributed by atoms with van der Waals surface area (Å²) in [5, 5.41) is 15.8. The molecule has 58 heavy (non-hydrogen) atoms. The number of sulfonamides is 1. The number of hydrogen-bond donors (Lipinski definition) is 2. The molecule has 1 unspecified atom stereocenters. The van der Waals surface area contributed by atoms with E-state index in [0.29, 0.717) is 18.0 Å². The molecule has 5 aromatic rings. The summed E-state index contributed by atoms with van der Waals surface area (Å²) in [5.74, 6) is -1.25. The molecule has 304 valence electrons. The molecule has 16 heteroatoms. The van der Waals surface area contributed by atoms with Gasteiger partial charge in [-0.05, 0) is 104 Å². The van der Waals surface area contributed by atoms with Crippen molar-refractivity contribution in [2.45, 2.75) is 28.8 Å². The lowest BCUT2D eigenvalue weighted by Gasteiger charge is -2.36. The Kier molecular flexibility index (Phi) is 13.5. The molecule has 1 aliphatic rings. The van der Waals surface area contributed by atoms with Gasteiger partial charge < -0.3 is 15.1 Å². The van der Waals surface area contributed by atoms with Crippen LogP contribution in [0, 0.1) is 10.1 Å². The monoisotopic (exact) mass is 844 g/mol. The Balaban J connectivity index is 1.08. The quantitative estimate of drug-likeness (QED) is 0.0817. The maximum Gasteiger partial charge on any atom is 0.293 e. The van der Waals surface area contributed by atoms with Crippen LogP contribution in [0.25, 0.3) is 11.1 Å². The topological polar surface area (TPSA) is 162 Å². The molecule has 13 nitrogen and oxygen atoms in total. The standard InChI is InChI=1S/C42H45ClN6O7S2/c1-46(2)23-22-35(30-57(53,54)37-9-4-3-5-10-37)44-40-21-20-38(28-41(40)49(51)52)58(55,56)45-42(50)32-14-18-36(19-15-32)48-26-24-47(25-27-48)29-33-8-6-7-11-39(33)31-12-16-34(43)17-13-31/h3-21,28,35,44H,22-27,29-30H2,1-2H3,(H,45,50). The summed E-state index contributed by atoms with van der Waals surface area (Å²) in [6.07, 6.45) is 0.322. The molecule has 1 amide bonds. The fraction of sp³-hybridized carbons (Fsp3) is 0.262. The van der Waals surface area contributed by atoms with Crippen LogP contribution in [0.3, 0.4) is 0 Å². The fourth-order valence-corrected chi connectivity index (χ4v) is 9.47. The van der Waals surface area contributed by atoms with Gasteiger partial charge >= 0.3 is 0 Å². The zero-order chi connectivity index (χ0) is 41.5. The Labute approximate surface area is 344 Å². The average Bonchev–Trinajstić information content (AvgIpc) is 3.21. The Morgan fingerprint density at radius 1 is 0.828 bits per heavy atom. The van der Waals surface area contributed by atoms with Crippen LogP contribution in [-0.2, 0) is 26.4 Å². The van der Waals surface area contributed by atoms with E-state index < -0.39 is 47.3 Å². The largest absolute Gasteiger partial charge is 0.376 e. The average molecular weight is 845 g/mol. The molecule has 5 aromatic carbocycles. The Hall–Kier alpha value is -5.32. The number of benzene rings is 5. The molecular weight excluding hydrogens is 800 g/mol. The smallest absolute Gasteiger partial charge is 0.293 e. The Morgan fingerprint density at radius 3 is 2.14 bits per heavy atom. The van der Waals surface area contributed by atoms with Crippen LogP contribution in [0.5, 0.6) is 0 Å². The number of nitrogens with zero attached hydrogens (tertiary/aromatic N) is 4. The van der Waals surface area contributed by atoms with E-state index >= 15 is 0 Å². The van der Waals surface area contributed by atoms with Gasteiger partial charge in [0.1, 0.15) is 5.69 Å². The highest BCUT2D eigenvalue weighted by Crippen LogP contribution is 2.30. The van der Waals surface area contributed by atoms with Gasteiger partial charge in [0.05, 0.1) is 20.5 Å². The molecule has 0 aliphatic carbocycles. The first-order valence-corrected chi connectivity index (χ1v) is 22.2. The molecule has 1 atom stereocenters. The highest BCUT2D eigenvalue weighted by molar-refractivity contribution is 7.91. The summed E-state index contributed by atoms with van der Waals surface area (Å²) in [4.78, 5) is 30.7. The van der Waals surface area contributed by atoms with E-state index in [1.807, 2.05) is 60.1 Å². The second-order valence-corrected chi connectivity index (χ2v) is 18.5. The zero-order valence-corrected chi connectivity index (χ0v) is 34.5. The van der Waals surface area contributed by atoms with E-state index in [2.05, 4.69) is 27.2 Å². The van der Waals surface area contributed by atoms with Gasteiger partial charge in [0.2, 0.25) is 0 Å². The second-order valence-electron chi connectivity index (χ2n) is 14.4. The van der Waals surface area contributed by atoms with Crippen molar-refractivity contribution in [3.63, 3.8) is 0 Å². The lowest BCUT2D eigenvalue weighted by Crippen LogP contribution is -2.46. The minimum atomic E-state index is -4.54. The molecule has 1 saturated heterocycles. The lowest BCUT2D eigenvalue weighted by atomic mass is 9.99. The van der Waals surface area contributed by atoms with Crippen molar-refractivity contribution >= 4 is 54.4 Å². The van der Waals surface area contributed by atoms with Crippen LogP contribution >= 0.6 is 11.6 Å². The van der Waals surface area contributed by atoms with E-state index in [9.17, 15) is 31.7 Å². The molecule has 2 N–H and O–H groups in total. The summed E-state index contributed by atoms with van der Waals surface area (Å²) in [5.41, 5.74) is 3.85. The summed E-state index contributed by atoms with van der Waals surface area (Å²) in [7, 11) is -4.66. The molecule has 1 heterocycles. The molecule has 1 aliphatic heterocycles. The number of piperazine rings is 1. The number of rotatable bonds is 16. The zero-order valence-electron chi connectivity index (χ0n) is 32.1. The van der Waals surface area contributed by atoms with Gasteiger partial charge in [-0.15, -0.1) is 0 Å². The molecule has 0 saturated carbocycles. The first-order valence-electron chi connectivity index (χ1n) is 18.6. The van der Waals surface area contributed by atoms with Crippen LogP contribution in [-0.4, -0.2) is 96.1 Å². The highest BCUT2D eigenvalue weighted by Gasteiger charge is 2.28. The number of nitro benzene ring substituents is 1. The van der Waals surface area contributed by atoms with Crippen molar-refractivity contribution in [2.75, 3.05) is 62.8 Å². The van der Waals surface area contributed by atoms with Gasteiger partial charge in [-0.2, -0.15) is 0 Å². The number of hydrogen-bond acceptors (Lipinski definition) is 11. The third kappa shape index (κ3) is 10.8. The minimum Gasteiger partial charge on any atom is -0.376 e. The minimum absolute atomic E-state index is 0.0542. The summed E-state index contributed by atoms with van der Waals surface area (Å²) >= 11 is 6.11. The number of amides is 1. The van der Waals surface area contributed by atoms with E-state index in [1.165, 1.54) is 29.3 Å². The molecule has 6 rings (SSSR count). The SMILES string of the molecule is CN(C)CCC(CS(=O)(=O)c1ccccc1)Nc1ccc(S(=O)(=O)NC(=O)c2ccc(N3CCN(Cc4ccccc4-c4ccc(Cl)cc4)CC3)cc2)cc1[N+](=O)[O-]. The van der Waals surface area contributed by atoms with Crippen LogP contribution in [0.1, 0.15) is 22.3 Å². The van der Waals surface area contributed by atoms with Gasteiger partial charge in [0.15, 0.2) is 9.84 Å². The van der Waals surface area contributed by atoms with Crippen molar-refractivity contribution in [2.24, 2.45) is 0 Å². The van der Waals surface area contributed by atoms with Gasteiger partial charge in [-0.1, -0.05) is 66.2 Å². The Bertz CT molecular complexity index is 2440. The summed E-state index contributed by atoms with van der Waals surface area (Å²) in [6.45, 7) is 4.42. The number of sulfone groups is 1. The van der Waals surface area contributed by atoms with Crippen molar-refractivity contribution in [3.8, 4) is 11.1 Å². The fourth-order valence-electron chi connectivity index (χ4n) is 6.81. The van der Waals surface area contributed by atoms with Crippen LogP contribution in [0.4, 0.5) is 17.1 Å². The molecule has 0 radical (unpaired) electrons. The van der Waals surface area contributed by atoms with Crippen LogP contribution in [0.2, 0.25) is 5.02 Å². The number of carbonyl (C=O) groups is 1. The van der Waals surface area contributed by atoms with E-state index in [4.69, 9.17) is 11.6 Å². The first-order chi connectivity index (χ1) is 27.7.